The van der Waals surface area contributed by atoms with Crippen LogP contribution < -0.4 is 0 Å². The molecular weight excluding hydrogens is 300 g/mol. The first-order valence-electron chi connectivity index (χ1n) is 8.55. The molecule has 0 aliphatic heterocycles. The Morgan fingerprint density at radius 3 is 2.39 bits per heavy atom. The Hall–Kier alpha value is -1.45. The SMILES string of the molecule is CCN(CC)CCC/C(C)=C(/c1ccccc1)c1nc(C)cs1. The highest BCUT2D eigenvalue weighted by atomic mass is 32.1. The second kappa shape index (κ2) is 8.99. The number of hydrogen-bond donors (Lipinski definition) is 0. The van der Waals surface area contributed by atoms with E-state index in [1.165, 1.54) is 29.7 Å². The van der Waals surface area contributed by atoms with Gasteiger partial charge < -0.3 is 4.90 Å². The molecule has 0 bridgehead atoms. The summed E-state index contributed by atoms with van der Waals surface area (Å²) in [5.41, 5.74) is 5.15. The average molecular weight is 329 g/mol. The number of allylic oxidation sites excluding steroid dienone is 1. The van der Waals surface area contributed by atoms with Gasteiger partial charge in [-0.2, -0.15) is 0 Å². The smallest absolute Gasteiger partial charge is 0.124 e. The van der Waals surface area contributed by atoms with Crippen LogP contribution >= 0.6 is 11.3 Å². The highest BCUT2D eigenvalue weighted by molar-refractivity contribution is 7.10. The van der Waals surface area contributed by atoms with E-state index in [4.69, 9.17) is 4.98 Å². The third kappa shape index (κ3) is 5.02. The van der Waals surface area contributed by atoms with Gasteiger partial charge in [0.15, 0.2) is 0 Å². The van der Waals surface area contributed by atoms with E-state index in [1.807, 2.05) is 0 Å². The zero-order chi connectivity index (χ0) is 16.7. The standard InChI is InChI=1S/C20H28N2S/c1-5-22(6-2)14-10-11-16(3)19(18-12-8-7-9-13-18)20-21-17(4)15-23-20/h7-9,12-13,15H,5-6,10-11,14H2,1-4H3/b19-16-. The van der Waals surface area contributed by atoms with E-state index in [0.717, 1.165) is 30.2 Å². The molecule has 0 saturated heterocycles. The summed E-state index contributed by atoms with van der Waals surface area (Å²) in [4.78, 5) is 7.22. The fourth-order valence-electron chi connectivity index (χ4n) is 2.86. The topological polar surface area (TPSA) is 16.1 Å². The Labute approximate surface area is 144 Å². The summed E-state index contributed by atoms with van der Waals surface area (Å²) in [6, 6.07) is 10.7. The predicted octanol–water partition coefficient (Wildman–Crippen LogP) is 5.40. The van der Waals surface area contributed by atoms with Crippen LogP contribution in [-0.2, 0) is 0 Å². The van der Waals surface area contributed by atoms with Gasteiger partial charge in [0.05, 0.1) is 0 Å². The van der Waals surface area contributed by atoms with Crippen molar-refractivity contribution in [1.82, 2.24) is 9.88 Å². The van der Waals surface area contributed by atoms with E-state index >= 15 is 0 Å². The summed E-state index contributed by atoms with van der Waals surface area (Å²) in [7, 11) is 0. The first kappa shape index (κ1) is 17.9. The minimum absolute atomic E-state index is 1.11. The minimum Gasteiger partial charge on any atom is -0.304 e. The van der Waals surface area contributed by atoms with Crippen molar-refractivity contribution in [2.24, 2.45) is 0 Å². The van der Waals surface area contributed by atoms with Gasteiger partial charge in [-0.05, 0) is 51.9 Å². The molecule has 3 heteroatoms. The Balaban J connectivity index is 2.22. The molecule has 2 aromatic rings. The molecule has 124 valence electrons. The minimum atomic E-state index is 1.11. The Kier molecular flexibility index (Phi) is 7.00. The van der Waals surface area contributed by atoms with Gasteiger partial charge in [-0.25, -0.2) is 4.98 Å². The zero-order valence-corrected chi connectivity index (χ0v) is 15.6. The lowest BCUT2D eigenvalue weighted by atomic mass is 9.98. The first-order chi connectivity index (χ1) is 11.2. The van der Waals surface area contributed by atoms with E-state index < -0.39 is 0 Å². The molecule has 0 radical (unpaired) electrons. The van der Waals surface area contributed by atoms with Crippen molar-refractivity contribution >= 4 is 16.9 Å². The molecule has 1 aromatic carbocycles. The van der Waals surface area contributed by atoms with E-state index in [1.54, 1.807) is 11.3 Å². The van der Waals surface area contributed by atoms with Crippen LogP contribution in [0.3, 0.4) is 0 Å². The highest BCUT2D eigenvalue weighted by Gasteiger charge is 2.12. The second-order valence-corrected chi connectivity index (χ2v) is 6.80. The first-order valence-corrected chi connectivity index (χ1v) is 9.43. The largest absolute Gasteiger partial charge is 0.304 e. The Bertz CT molecular complexity index is 624. The number of hydrogen-bond acceptors (Lipinski definition) is 3. The average Bonchev–Trinajstić information content (AvgIpc) is 2.99. The molecular formula is C20H28N2S. The fraction of sp³-hybridized carbons (Fsp3) is 0.450. The molecule has 2 nitrogen and oxygen atoms in total. The lowest BCUT2D eigenvalue weighted by Gasteiger charge is -2.18. The van der Waals surface area contributed by atoms with Crippen LogP contribution in [0, 0.1) is 6.92 Å². The molecule has 2 rings (SSSR count). The van der Waals surface area contributed by atoms with Crippen LogP contribution in [0.2, 0.25) is 0 Å². The predicted molar refractivity (Wildman–Crippen MR) is 102 cm³/mol. The maximum atomic E-state index is 4.73. The van der Waals surface area contributed by atoms with Gasteiger partial charge in [0.25, 0.3) is 0 Å². The van der Waals surface area contributed by atoms with Gasteiger partial charge in [0, 0.05) is 16.6 Å². The van der Waals surface area contributed by atoms with Crippen LogP contribution in [0.5, 0.6) is 0 Å². The number of rotatable bonds is 8. The molecule has 1 heterocycles. The van der Waals surface area contributed by atoms with Gasteiger partial charge in [0.2, 0.25) is 0 Å². The summed E-state index contributed by atoms with van der Waals surface area (Å²) >= 11 is 1.75. The molecule has 1 aromatic heterocycles. The van der Waals surface area contributed by atoms with Crippen molar-refractivity contribution in [1.29, 1.82) is 0 Å². The van der Waals surface area contributed by atoms with Crippen molar-refractivity contribution in [2.75, 3.05) is 19.6 Å². The van der Waals surface area contributed by atoms with Crippen molar-refractivity contribution in [3.8, 4) is 0 Å². The van der Waals surface area contributed by atoms with E-state index in [9.17, 15) is 0 Å². The Morgan fingerprint density at radius 2 is 1.83 bits per heavy atom. The summed E-state index contributed by atoms with van der Waals surface area (Å²) in [5, 5.41) is 3.29. The third-order valence-electron chi connectivity index (χ3n) is 4.24. The maximum absolute atomic E-state index is 4.73. The summed E-state index contributed by atoms with van der Waals surface area (Å²) in [6.45, 7) is 12.2. The van der Waals surface area contributed by atoms with Crippen molar-refractivity contribution in [2.45, 2.75) is 40.5 Å². The van der Waals surface area contributed by atoms with Crippen LogP contribution in [0.25, 0.3) is 5.57 Å². The molecule has 0 fully saturated rings. The van der Waals surface area contributed by atoms with Crippen molar-refractivity contribution in [3.63, 3.8) is 0 Å². The van der Waals surface area contributed by atoms with Gasteiger partial charge in [-0.3, -0.25) is 0 Å². The number of nitrogens with zero attached hydrogens (tertiary/aromatic N) is 2. The van der Waals surface area contributed by atoms with Crippen LogP contribution in [0.1, 0.15) is 49.9 Å². The second-order valence-electron chi connectivity index (χ2n) is 5.95. The highest BCUT2D eigenvalue weighted by Crippen LogP contribution is 2.31. The normalized spacial score (nSPS) is 12.6. The van der Waals surface area contributed by atoms with Crippen LogP contribution in [0.15, 0.2) is 41.3 Å². The van der Waals surface area contributed by atoms with Gasteiger partial charge in [0.1, 0.15) is 5.01 Å². The fourth-order valence-corrected chi connectivity index (χ4v) is 3.80. The van der Waals surface area contributed by atoms with Gasteiger partial charge in [-0.15, -0.1) is 11.3 Å². The lowest BCUT2D eigenvalue weighted by Crippen LogP contribution is -2.23. The Morgan fingerprint density at radius 1 is 1.13 bits per heavy atom. The van der Waals surface area contributed by atoms with E-state index in [-0.39, 0.29) is 0 Å². The number of thiazole rings is 1. The summed E-state index contributed by atoms with van der Waals surface area (Å²) in [5.74, 6) is 0. The molecule has 0 unspecified atom stereocenters. The number of benzene rings is 1. The molecule has 0 N–H and O–H groups in total. The quantitative estimate of drug-likeness (QED) is 0.645. The van der Waals surface area contributed by atoms with Crippen LogP contribution in [0.4, 0.5) is 0 Å². The van der Waals surface area contributed by atoms with E-state index in [2.05, 4.69) is 68.3 Å². The van der Waals surface area contributed by atoms with Crippen molar-refractivity contribution in [3.05, 3.63) is 57.6 Å². The summed E-state index contributed by atoms with van der Waals surface area (Å²) < 4.78 is 0. The van der Waals surface area contributed by atoms with Crippen molar-refractivity contribution < 1.29 is 0 Å². The molecule has 0 atom stereocenters. The van der Waals surface area contributed by atoms with Gasteiger partial charge in [-0.1, -0.05) is 49.8 Å². The van der Waals surface area contributed by atoms with Gasteiger partial charge >= 0.3 is 0 Å². The molecule has 0 aliphatic carbocycles. The van der Waals surface area contributed by atoms with E-state index in [0.29, 0.717) is 0 Å². The number of aromatic nitrogens is 1. The maximum Gasteiger partial charge on any atom is 0.124 e. The molecule has 0 aliphatic rings. The molecule has 0 spiro atoms. The molecule has 0 amide bonds. The third-order valence-corrected chi connectivity index (χ3v) is 5.22. The molecule has 0 saturated carbocycles. The van der Waals surface area contributed by atoms with Crippen LogP contribution in [-0.4, -0.2) is 29.5 Å². The monoisotopic (exact) mass is 328 g/mol. The zero-order valence-electron chi connectivity index (χ0n) is 14.8. The number of aryl methyl sites for hydroxylation is 1. The lowest BCUT2D eigenvalue weighted by molar-refractivity contribution is 0.300. The molecule has 23 heavy (non-hydrogen) atoms. The summed E-state index contributed by atoms with van der Waals surface area (Å²) in [6.07, 6.45) is 2.33.